The highest BCUT2D eigenvalue weighted by molar-refractivity contribution is 5.12. The number of hydrogen-bond donors (Lipinski definition) is 1. The molecular weight excluding hydrogens is 260 g/mol. The van der Waals surface area contributed by atoms with Gasteiger partial charge in [-0.1, -0.05) is 20.8 Å². The summed E-state index contributed by atoms with van der Waals surface area (Å²) in [6, 6.07) is 1.29. The molecule has 3 heteroatoms. The van der Waals surface area contributed by atoms with Gasteiger partial charge in [0.15, 0.2) is 0 Å². The maximum atomic E-state index is 6.00. The molecule has 4 atom stereocenters. The largest absolute Gasteiger partial charge is 0.374 e. The standard InChI is InChI=1S/C18H34N2O/c1-13(2)20-8-9-21-15(12-20)11-19-16-17(3,4)14-6-7-18(16,5)10-14/h13-16,19H,6-12H2,1-5H3. The zero-order chi connectivity index (χ0) is 15.3. The summed E-state index contributed by atoms with van der Waals surface area (Å²) in [5.74, 6) is 0.916. The van der Waals surface area contributed by atoms with E-state index in [-0.39, 0.29) is 0 Å². The molecule has 1 aliphatic heterocycles. The topological polar surface area (TPSA) is 24.5 Å². The Morgan fingerprint density at radius 2 is 2.05 bits per heavy atom. The lowest BCUT2D eigenvalue weighted by Gasteiger charge is -2.44. The first kappa shape index (κ1) is 15.8. The molecule has 0 spiro atoms. The molecule has 3 nitrogen and oxygen atoms in total. The first-order valence-corrected chi connectivity index (χ1v) is 8.92. The molecule has 3 aliphatic rings. The monoisotopic (exact) mass is 294 g/mol. The second-order valence-corrected chi connectivity index (χ2v) is 8.84. The van der Waals surface area contributed by atoms with Crippen molar-refractivity contribution in [1.82, 2.24) is 10.2 Å². The third kappa shape index (κ3) is 2.77. The van der Waals surface area contributed by atoms with Gasteiger partial charge in [-0.2, -0.15) is 0 Å². The molecule has 4 unspecified atom stereocenters. The summed E-state index contributed by atoms with van der Waals surface area (Å²) in [5, 5.41) is 3.92. The van der Waals surface area contributed by atoms with Crippen molar-refractivity contribution < 1.29 is 4.74 Å². The Morgan fingerprint density at radius 1 is 1.29 bits per heavy atom. The van der Waals surface area contributed by atoms with E-state index in [1.54, 1.807) is 0 Å². The van der Waals surface area contributed by atoms with Gasteiger partial charge in [0.05, 0.1) is 12.7 Å². The van der Waals surface area contributed by atoms with E-state index >= 15 is 0 Å². The van der Waals surface area contributed by atoms with Crippen molar-refractivity contribution >= 4 is 0 Å². The number of ether oxygens (including phenoxy) is 1. The van der Waals surface area contributed by atoms with Gasteiger partial charge in [-0.3, -0.25) is 4.90 Å². The third-order valence-electron chi connectivity index (χ3n) is 6.72. The molecule has 1 saturated heterocycles. The van der Waals surface area contributed by atoms with Gasteiger partial charge in [0, 0.05) is 31.7 Å². The van der Waals surface area contributed by atoms with Crippen molar-refractivity contribution in [2.24, 2.45) is 16.7 Å². The quantitative estimate of drug-likeness (QED) is 0.863. The first-order valence-electron chi connectivity index (χ1n) is 8.92. The van der Waals surface area contributed by atoms with Crippen molar-refractivity contribution in [3.05, 3.63) is 0 Å². The molecule has 1 N–H and O–H groups in total. The van der Waals surface area contributed by atoms with Crippen LogP contribution in [-0.4, -0.2) is 49.3 Å². The van der Waals surface area contributed by atoms with E-state index in [4.69, 9.17) is 4.74 Å². The molecule has 0 aromatic heterocycles. The van der Waals surface area contributed by atoms with Gasteiger partial charge in [-0.05, 0) is 49.9 Å². The fraction of sp³-hybridized carbons (Fsp3) is 1.00. The van der Waals surface area contributed by atoms with E-state index in [1.807, 2.05) is 0 Å². The maximum absolute atomic E-state index is 6.00. The van der Waals surface area contributed by atoms with Crippen molar-refractivity contribution in [1.29, 1.82) is 0 Å². The molecular formula is C18H34N2O. The predicted octanol–water partition coefficient (Wildman–Crippen LogP) is 2.90. The molecule has 0 amide bonds. The van der Waals surface area contributed by atoms with Crippen molar-refractivity contribution in [3.63, 3.8) is 0 Å². The van der Waals surface area contributed by atoms with Crippen LogP contribution in [0.4, 0.5) is 0 Å². The molecule has 2 saturated carbocycles. The minimum Gasteiger partial charge on any atom is -0.374 e. The van der Waals surface area contributed by atoms with Crippen LogP contribution < -0.4 is 5.32 Å². The highest BCUT2D eigenvalue weighted by atomic mass is 16.5. The van der Waals surface area contributed by atoms with Crippen LogP contribution in [0.1, 0.15) is 53.9 Å². The van der Waals surface area contributed by atoms with Crippen LogP contribution in [-0.2, 0) is 4.74 Å². The Hall–Kier alpha value is -0.120. The van der Waals surface area contributed by atoms with Crippen LogP contribution in [0.3, 0.4) is 0 Å². The molecule has 0 aromatic carbocycles. The van der Waals surface area contributed by atoms with Crippen molar-refractivity contribution in [2.75, 3.05) is 26.2 Å². The summed E-state index contributed by atoms with van der Waals surface area (Å²) in [5.41, 5.74) is 0.958. The van der Waals surface area contributed by atoms with E-state index in [0.29, 0.717) is 29.0 Å². The van der Waals surface area contributed by atoms with Crippen LogP contribution in [0.5, 0.6) is 0 Å². The smallest absolute Gasteiger partial charge is 0.0826 e. The summed E-state index contributed by atoms with van der Waals surface area (Å²) in [4.78, 5) is 2.55. The second kappa shape index (κ2) is 5.50. The highest BCUT2D eigenvalue weighted by Gasteiger charge is 2.59. The molecule has 21 heavy (non-hydrogen) atoms. The second-order valence-electron chi connectivity index (χ2n) is 8.84. The molecule has 3 fully saturated rings. The lowest BCUT2D eigenvalue weighted by atomic mass is 9.68. The number of fused-ring (bicyclic) bond motifs is 2. The Kier molecular flexibility index (Phi) is 4.13. The van der Waals surface area contributed by atoms with E-state index in [0.717, 1.165) is 32.2 Å². The number of morpholine rings is 1. The Bertz CT molecular complexity index is 377. The molecule has 3 rings (SSSR count). The molecule has 2 aliphatic carbocycles. The van der Waals surface area contributed by atoms with Gasteiger partial charge in [0.2, 0.25) is 0 Å². The first-order chi connectivity index (χ1) is 9.83. The van der Waals surface area contributed by atoms with E-state index in [9.17, 15) is 0 Å². The zero-order valence-electron chi connectivity index (χ0n) is 14.6. The average Bonchev–Trinajstić information content (AvgIpc) is 2.89. The number of nitrogens with zero attached hydrogens (tertiary/aromatic N) is 1. The van der Waals surface area contributed by atoms with Crippen molar-refractivity contribution in [3.8, 4) is 0 Å². The lowest BCUT2D eigenvalue weighted by molar-refractivity contribution is -0.0424. The molecule has 2 bridgehead atoms. The minimum atomic E-state index is 0.361. The van der Waals surface area contributed by atoms with Gasteiger partial charge < -0.3 is 10.1 Å². The van der Waals surface area contributed by atoms with E-state index in [2.05, 4.69) is 44.8 Å². The van der Waals surface area contributed by atoms with Crippen LogP contribution in [0, 0.1) is 16.7 Å². The Labute approximate surface area is 130 Å². The molecule has 0 aromatic rings. The summed E-state index contributed by atoms with van der Waals surface area (Å²) < 4.78 is 6.00. The van der Waals surface area contributed by atoms with Gasteiger partial charge in [-0.15, -0.1) is 0 Å². The SMILES string of the molecule is CC(C)N1CCOC(CNC2C3(C)CCC(C3)C2(C)C)C1. The minimum absolute atomic E-state index is 0.361. The third-order valence-corrected chi connectivity index (χ3v) is 6.72. The van der Waals surface area contributed by atoms with Gasteiger partial charge in [0.25, 0.3) is 0 Å². The number of nitrogens with one attached hydrogen (secondary N) is 1. The Balaban J connectivity index is 1.58. The van der Waals surface area contributed by atoms with Crippen LogP contribution >= 0.6 is 0 Å². The maximum Gasteiger partial charge on any atom is 0.0826 e. The average molecular weight is 294 g/mol. The number of rotatable bonds is 4. The van der Waals surface area contributed by atoms with Gasteiger partial charge >= 0.3 is 0 Å². The Morgan fingerprint density at radius 3 is 2.67 bits per heavy atom. The van der Waals surface area contributed by atoms with Gasteiger partial charge in [0.1, 0.15) is 0 Å². The van der Waals surface area contributed by atoms with Crippen LogP contribution in [0.25, 0.3) is 0 Å². The van der Waals surface area contributed by atoms with Crippen LogP contribution in [0.2, 0.25) is 0 Å². The highest BCUT2D eigenvalue weighted by Crippen LogP contribution is 2.62. The van der Waals surface area contributed by atoms with Gasteiger partial charge in [-0.25, -0.2) is 0 Å². The molecule has 122 valence electrons. The summed E-state index contributed by atoms with van der Waals surface area (Å²) >= 11 is 0. The summed E-state index contributed by atoms with van der Waals surface area (Å²) in [7, 11) is 0. The molecule has 1 heterocycles. The van der Waals surface area contributed by atoms with Crippen LogP contribution in [0.15, 0.2) is 0 Å². The van der Waals surface area contributed by atoms with Crippen molar-refractivity contribution in [2.45, 2.75) is 72.1 Å². The summed E-state index contributed by atoms with van der Waals surface area (Å²) in [6.45, 7) is 16.1. The van der Waals surface area contributed by atoms with E-state index < -0.39 is 0 Å². The summed E-state index contributed by atoms with van der Waals surface area (Å²) in [6.07, 6.45) is 4.62. The normalized spacial score (nSPS) is 42.9. The lowest BCUT2D eigenvalue weighted by Crippen LogP contribution is -2.55. The fourth-order valence-corrected chi connectivity index (χ4v) is 5.40. The van der Waals surface area contributed by atoms with E-state index in [1.165, 1.54) is 19.3 Å². The predicted molar refractivity (Wildman–Crippen MR) is 87.5 cm³/mol. The molecule has 0 radical (unpaired) electrons. The fourth-order valence-electron chi connectivity index (χ4n) is 5.40. The zero-order valence-corrected chi connectivity index (χ0v) is 14.6. The number of hydrogen-bond acceptors (Lipinski definition) is 3.